The van der Waals surface area contributed by atoms with Gasteiger partial charge in [0.2, 0.25) is 0 Å². The summed E-state index contributed by atoms with van der Waals surface area (Å²) in [7, 11) is 1.42. The molecule has 0 aromatic rings. The molecule has 0 heterocycles. The zero-order valence-electron chi connectivity index (χ0n) is 11.9. The Hall–Kier alpha value is -1.34. The number of aliphatic carboxylic acids is 1. The van der Waals surface area contributed by atoms with Crippen LogP contribution in [0.15, 0.2) is 0 Å². The fraction of sp³-hybridized carbons (Fsp3) is 0.846. The van der Waals surface area contributed by atoms with Crippen LogP contribution in [0, 0.1) is 0 Å². The molecule has 1 rings (SSSR count). The lowest BCUT2D eigenvalue weighted by molar-refractivity contribution is -0.139. The largest absolute Gasteiger partial charge is 0.481 e. The van der Waals surface area contributed by atoms with Crippen LogP contribution in [-0.4, -0.2) is 56.1 Å². The number of carbonyl (C=O) groups excluding carboxylic acids is 1. The molecule has 0 saturated heterocycles. The zero-order valence-corrected chi connectivity index (χ0v) is 11.9. The van der Waals surface area contributed by atoms with Gasteiger partial charge in [0.15, 0.2) is 0 Å². The van der Waals surface area contributed by atoms with Gasteiger partial charge in [-0.05, 0) is 12.8 Å². The second kappa shape index (κ2) is 9.55. The molecule has 116 valence electrons. The topological polar surface area (TPSA) is 96.9 Å². The molecule has 3 N–H and O–H groups in total. The molecule has 1 saturated carbocycles. The van der Waals surface area contributed by atoms with Crippen molar-refractivity contribution < 1.29 is 24.2 Å². The highest BCUT2D eigenvalue weighted by Gasteiger charge is 2.15. The highest BCUT2D eigenvalue weighted by Crippen LogP contribution is 2.20. The minimum atomic E-state index is -0.955. The predicted molar refractivity (Wildman–Crippen MR) is 72.7 cm³/mol. The summed E-state index contributed by atoms with van der Waals surface area (Å²) in [6.45, 7) is 1.11. The second-order valence-corrected chi connectivity index (χ2v) is 4.87. The fourth-order valence-corrected chi connectivity index (χ4v) is 2.15. The van der Waals surface area contributed by atoms with Crippen molar-refractivity contribution >= 4 is 12.0 Å². The lowest BCUT2D eigenvalue weighted by Gasteiger charge is -2.15. The van der Waals surface area contributed by atoms with Crippen molar-refractivity contribution in [3.63, 3.8) is 0 Å². The molecule has 2 amide bonds. The number of rotatable bonds is 9. The Morgan fingerprint density at radius 3 is 2.60 bits per heavy atom. The molecule has 0 aromatic heterocycles. The summed E-state index contributed by atoms with van der Waals surface area (Å²) in [6, 6.07) is -0.340. The van der Waals surface area contributed by atoms with E-state index in [1.54, 1.807) is 0 Å². The number of carbonyl (C=O) groups is 2. The first-order chi connectivity index (χ1) is 9.61. The highest BCUT2D eigenvalue weighted by atomic mass is 16.5. The van der Waals surface area contributed by atoms with E-state index in [0.717, 1.165) is 12.8 Å². The lowest BCUT2D eigenvalue weighted by Crippen LogP contribution is -2.42. The molecule has 7 heteroatoms. The van der Waals surface area contributed by atoms with Crippen LogP contribution in [0.1, 0.15) is 32.1 Å². The third-order valence-corrected chi connectivity index (χ3v) is 3.27. The molecule has 1 aliphatic rings. The van der Waals surface area contributed by atoms with Gasteiger partial charge in [-0.2, -0.15) is 0 Å². The third-order valence-electron chi connectivity index (χ3n) is 3.27. The first-order valence-electron chi connectivity index (χ1n) is 6.99. The summed E-state index contributed by atoms with van der Waals surface area (Å²) >= 11 is 0. The Kier molecular flexibility index (Phi) is 7.98. The van der Waals surface area contributed by atoms with Crippen molar-refractivity contribution in [3.05, 3.63) is 0 Å². The molecule has 20 heavy (non-hydrogen) atoms. The Labute approximate surface area is 119 Å². The number of ether oxygens (including phenoxy) is 2. The maximum absolute atomic E-state index is 11.5. The van der Waals surface area contributed by atoms with Gasteiger partial charge in [0, 0.05) is 20.2 Å². The average Bonchev–Trinajstić information content (AvgIpc) is 2.92. The van der Waals surface area contributed by atoms with Gasteiger partial charge >= 0.3 is 12.0 Å². The van der Waals surface area contributed by atoms with E-state index in [-0.39, 0.29) is 19.0 Å². The molecule has 0 aromatic carbocycles. The first-order valence-corrected chi connectivity index (χ1v) is 6.99. The van der Waals surface area contributed by atoms with Gasteiger partial charge < -0.3 is 25.2 Å². The van der Waals surface area contributed by atoms with Crippen molar-refractivity contribution in [3.8, 4) is 0 Å². The van der Waals surface area contributed by atoms with Crippen LogP contribution in [0.25, 0.3) is 0 Å². The molecule has 1 unspecified atom stereocenters. The predicted octanol–water partition coefficient (Wildman–Crippen LogP) is 0.735. The molecule has 0 radical (unpaired) electrons. The van der Waals surface area contributed by atoms with Crippen LogP contribution in [-0.2, 0) is 14.3 Å². The molecular formula is C13H24N2O5. The summed E-state index contributed by atoms with van der Waals surface area (Å²) in [6.07, 6.45) is 4.34. The Balaban J connectivity index is 2.02. The van der Waals surface area contributed by atoms with Crippen LogP contribution in [0.4, 0.5) is 4.79 Å². The van der Waals surface area contributed by atoms with Gasteiger partial charge in [-0.3, -0.25) is 4.79 Å². The second-order valence-electron chi connectivity index (χ2n) is 4.87. The van der Waals surface area contributed by atoms with Crippen LogP contribution in [0.5, 0.6) is 0 Å². The monoisotopic (exact) mass is 288 g/mol. The van der Waals surface area contributed by atoms with Crippen LogP contribution >= 0.6 is 0 Å². The number of hydrogen-bond acceptors (Lipinski definition) is 4. The van der Waals surface area contributed by atoms with E-state index in [1.807, 2.05) is 0 Å². The Bertz CT molecular complexity index is 305. The summed E-state index contributed by atoms with van der Waals surface area (Å²) < 4.78 is 10.6. The number of nitrogens with one attached hydrogen (secondary N) is 2. The summed E-state index contributed by atoms with van der Waals surface area (Å²) in [5.74, 6) is -0.955. The molecule has 1 aliphatic carbocycles. The smallest absolute Gasteiger partial charge is 0.314 e. The van der Waals surface area contributed by atoms with Gasteiger partial charge in [0.25, 0.3) is 0 Å². The molecule has 0 aliphatic heterocycles. The van der Waals surface area contributed by atoms with E-state index in [9.17, 15) is 9.59 Å². The SMILES string of the molecule is COC(CNC(=O)NCCOC1CCCC1)CC(=O)O. The third kappa shape index (κ3) is 7.30. The minimum Gasteiger partial charge on any atom is -0.481 e. The van der Waals surface area contributed by atoms with E-state index in [2.05, 4.69) is 10.6 Å². The lowest BCUT2D eigenvalue weighted by atomic mass is 10.2. The first kappa shape index (κ1) is 16.7. The zero-order chi connectivity index (χ0) is 14.8. The molecular weight excluding hydrogens is 264 g/mol. The van der Waals surface area contributed by atoms with E-state index in [1.165, 1.54) is 20.0 Å². The summed E-state index contributed by atoms with van der Waals surface area (Å²) in [5.41, 5.74) is 0. The van der Waals surface area contributed by atoms with Gasteiger partial charge in [0.1, 0.15) is 0 Å². The Morgan fingerprint density at radius 1 is 1.30 bits per heavy atom. The van der Waals surface area contributed by atoms with Crippen molar-refractivity contribution in [2.45, 2.75) is 44.3 Å². The van der Waals surface area contributed by atoms with Gasteiger partial charge in [-0.25, -0.2) is 4.79 Å². The maximum atomic E-state index is 11.5. The van der Waals surface area contributed by atoms with Gasteiger partial charge in [-0.15, -0.1) is 0 Å². The molecule has 0 spiro atoms. The number of carboxylic acids is 1. The van der Waals surface area contributed by atoms with Crippen molar-refractivity contribution in [1.29, 1.82) is 0 Å². The summed E-state index contributed by atoms with van der Waals surface area (Å²) in [5, 5.41) is 13.9. The Morgan fingerprint density at radius 2 is 2.00 bits per heavy atom. The van der Waals surface area contributed by atoms with Gasteiger partial charge in [-0.1, -0.05) is 12.8 Å². The van der Waals surface area contributed by atoms with Crippen molar-refractivity contribution in [2.75, 3.05) is 26.8 Å². The fourth-order valence-electron chi connectivity index (χ4n) is 2.15. The standard InChI is InChI=1S/C13H24N2O5/c1-19-11(8-12(16)17)9-15-13(18)14-6-7-20-10-4-2-3-5-10/h10-11H,2-9H2,1H3,(H,16,17)(H2,14,15,18). The number of carboxylic acid groups (broad SMARTS) is 1. The van der Waals surface area contributed by atoms with E-state index in [4.69, 9.17) is 14.6 Å². The molecule has 1 fully saturated rings. The van der Waals surface area contributed by atoms with Crippen molar-refractivity contribution in [1.82, 2.24) is 10.6 Å². The highest BCUT2D eigenvalue weighted by molar-refractivity contribution is 5.74. The molecule has 7 nitrogen and oxygen atoms in total. The normalized spacial score (nSPS) is 16.9. The molecule has 0 bridgehead atoms. The average molecular weight is 288 g/mol. The number of urea groups is 1. The van der Waals surface area contributed by atoms with E-state index >= 15 is 0 Å². The van der Waals surface area contributed by atoms with Crippen LogP contribution < -0.4 is 10.6 Å². The van der Waals surface area contributed by atoms with Crippen molar-refractivity contribution in [2.24, 2.45) is 0 Å². The number of hydrogen-bond donors (Lipinski definition) is 3. The molecule has 1 atom stereocenters. The quantitative estimate of drug-likeness (QED) is 0.544. The van der Waals surface area contributed by atoms with Crippen LogP contribution in [0.3, 0.4) is 0 Å². The van der Waals surface area contributed by atoms with E-state index in [0.29, 0.717) is 19.3 Å². The van der Waals surface area contributed by atoms with Gasteiger partial charge in [0.05, 0.1) is 25.2 Å². The number of amides is 2. The van der Waals surface area contributed by atoms with Crippen LogP contribution in [0.2, 0.25) is 0 Å². The number of methoxy groups -OCH3 is 1. The minimum absolute atomic E-state index is 0.137. The van der Waals surface area contributed by atoms with E-state index < -0.39 is 12.1 Å². The maximum Gasteiger partial charge on any atom is 0.314 e. The summed E-state index contributed by atoms with van der Waals surface area (Å²) in [4.78, 5) is 22.0.